The summed E-state index contributed by atoms with van der Waals surface area (Å²) in [4.78, 5) is 25.5. The molecule has 2 aliphatic rings. The molecule has 4 rings (SSSR count). The fourth-order valence-corrected chi connectivity index (χ4v) is 5.53. The van der Waals surface area contributed by atoms with Gasteiger partial charge in [-0.1, -0.05) is 0 Å². The van der Waals surface area contributed by atoms with Crippen LogP contribution in [0.5, 0.6) is 0 Å². The van der Waals surface area contributed by atoms with Crippen LogP contribution in [0.1, 0.15) is 59.4 Å². The number of carbonyl (C=O) groups excluding carboxylic acids is 1. The van der Waals surface area contributed by atoms with Crippen LogP contribution < -0.4 is 5.73 Å². The molecule has 0 spiro atoms. The Morgan fingerprint density at radius 3 is 2.48 bits per heavy atom. The lowest BCUT2D eigenvalue weighted by atomic mass is 9.89. The van der Waals surface area contributed by atoms with E-state index >= 15 is 0 Å². The quantitative estimate of drug-likeness (QED) is 0.582. The van der Waals surface area contributed by atoms with Crippen molar-refractivity contribution in [1.82, 2.24) is 29.5 Å². The topological polar surface area (TPSA) is 102 Å². The maximum Gasteiger partial charge on any atom is 0.410 e. The Morgan fingerprint density at radius 2 is 1.84 bits per heavy atom. The number of nitrogen functional groups attached to an aromatic ring is 1. The van der Waals surface area contributed by atoms with Gasteiger partial charge in [0.2, 0.25) is 0 Å². The third-order valence-electron chi connectivity index (χ3n) is 6.29. The number of fused-ring (bicyclic) bond motifs is 1. The second-order valence-corrected chi connectivity index (χ2v) is 10.7. The number of halogens is 1. The Morgan fingerprint density at radius 1 is 1.16 bits per heavy atom. The minimum absolute atomic E-state index is 0.151. The number of hydrogen-bond donors (Lipinski definition) is 1. The number of anilines is 1. The van der Waals surface area contributed by atoms with Crippen LogP contribution in [0.4, 0.5) is 10.6 Å². The number of amides is 1. The van der Waals surface area contributed by atoms with Crippen LogP contribution in [0.3, 0.4) is 0 Å². The summed E-state index contributed by atoms with van der Waals surface area (Å²) in [7, 11) is 0. The van der Waals surface area contributed by atoms with E-state index in [0.29, 0.717) is 24.4 Å². The van der Waals surface area contributed by atoms with Crippen molar-refractivity contribution in [3.05, 3.63) is 10.0 Å². The molecule has 1 aliphatic carbocycles. The van der Waals surface area contributed by atoms with Crippen molar-refractivity contribution in [2.24, 2.45) is 0 Å². The van der Waals surface area contributed by atoms with Crippen molar-refractivity contribution in [3.63, 3.8) is 0 Å². The second-order valence-electron chi connectivity index (χ2n) is 9.67. The number of aromatic nitrogens is 4. The summed E-state index contributed by atoms with van der Waals surface area (Å²) in [5, 5.41) is 5.59. The predicted octanol–water partition coefficient (Wildman–Crippen LogP) is 3.44. The zero-order chi connectivity index (χ0) is 22.3. The molecule has 0 bridgehead atoms. The van der Waals surface area contributed by atoms with E-state index in [2.05, 4.69) is 49.1 Å². The highest BCUT2D eigenvalue weighted by molar-refractivity contribution is 14.1. The molecule has 0 aromatic carbocycles. The molecule has 1 atom stereocenters. The lowest BCUT2D eigenvalue weighted by molar-refractivity contribution is -0.00823. The Kier molecular flexibility index (Phi) is 6.30. The molecular formula is C21H32IN7O2. The number of nitrogens with zero attached hydrogens (tertiary/aromatic N) is 6. The molecule has 10 heteroatoms. The summed E-state index contributed by atoms with van der Waals surface area (Å²) in [6, 6.07) is 1.02. The number of piperazine rings is 1. The molecule has 170 valence electrons. The van der Waals surface area contributed by atoms with Gasteiger partial charge in [-0.05, 0) is 76.0 Å². The van der Waals surface area contributed by atoms with Gasteiger partial charge in [0, 0.05) is 31.7 Å². The highest BCUT2D eigenvalue weighted by atomic mass is 127. The molecule has 2 aromatic heterocycles. The van der Waals surface area contributed by atoms with Gasteiger partial charge in [-0.25, -0.2) is 19.4 Å². The lowest BCUT2D eigenvalue weighted by Gasteiger charge is -2.45. The molecule has 0 radical (unpaired) electrons. The molecule has 2 N–H and O–H groups in total. The largest absolute Gasteiger partial charge is 0.444 e. The van der Waals surface area contributed by atoms with Crippen molar-refractivity contribution in [3.8, 4) is 0 Å². The standard InChI is InChI=1S/C21H32IN7O2/c1-13-11-27(9-10-28(13)20(30)31-21(2,3)4)14-5-7-15(8-6-14)29-19-16(17(22)26-29)18(23)24-12-25-19/h12-15H,5-11H2,1-4H3,(H2,23,24,25)/t13-,14-,15+/m0/s1. The van der Waals surface area contributed by atoms with Gasteiger partial charge in [0.05, 0.1) is 11.4 Å². The van der Waals surface area contributed by atoms with E-state index in [4.69, 9.17) is 15.6 Å². The fourth-order valence-electron chi connectivity index (χ4n) is 4.78. The monoisotopic (exact) mass is 541 g/mol. The van der Waals surface area contributed by atoms with Crippen molar-refractivity contribution >= 4 is 45.5 Å². The van der Waals surface area contributed by atoms with Gasteiger partial charge in [-0.15, -0.1) is 0 Å². The minimum Gasteiger partial charge on any atom is -0.444 e. The first-order valence-electron chi connectivity index (χ1n) is 11.0. The van der Waals surface area contributed by atoms with Gasteiger partial charge < -0.3 is 15.4 Å². The highest BCUT2D eigenvalue weighted by Gasteiger charge is 2.35. The Labute approximate surface area is 196 Å². The minimum atomic E-state index is -0.462. The van der Waals surface area contributed by atoms with Gasteiger partial charge in [0.15, 0.2) is 5.65 Å². The van der Waals surface area contributed by atoms with E-state index in [1.165, 1.54) is 6.33 Å². The molecule has 31 heavy (non-hydrogen) atoms. The summed E-state index contributed by atoms with van der Waals surface area (Å²) in [6.45, 7) is 10.3. The molecule has 0 unspecified atom stereocenters. The number of rotatable bonds is 2. The van der Waals surface area contributed by atoms with Crippen molar-refractivity contribution in [2.45, 2.75) is 77.1 Å². The Hall–Kier alpha value is -1.69. The molecule has 2 aromatic rings. The molecule has 3 heterocycles. The zero-order valence-electron chi connectivity index (χ0n) is 18.7. The van der Waals surface area contributed by atoms with Gasteiger partial charge >= 0.3 is 6.09 Å². The molecular weight excluding hydrogens is 509 g/mol. The average molecular weight is 541 g/mol. The van der Waals surface area contributed by atoms with Crippen molar-refractivity contribution < 1.29 is 9.53 Å². The van der Waals surface area contributed by atoms with Crippen LogP contribution in [-0.2, 0) is 4.74 Å². The number of carbonyl (C=O) groups is 1. The third kappa shape index (κ3) is 4.74. The van der Waals surface area contributed by atoms with E-state index in [0.717, 1.165) is 53.5 Å². The maximum absolute atomic E-state index is 12.5. The van der Waals surface area contributed by atoms with E-state index in [9.17, 15) is 4.79 Å². The van der Waals surface area contributed by atoms with Crippen LogP contribution in [0, 0.1) is 3.70 Å². The van der Waals surface area contributed by atoms with E-state index < -0.39 is 5.60 Å². The normalized spacial score (nSPS) is 25.7. The predicted molar refractivity (Wildman–Crippen MR) is 128 cm³/mol. The summed E-state index contributed by atoms with van der Waals surface area (Å²) in [5.41, 5.74) is 6.42. The van der Waals surface area contributed by atoms with Crippen molar-refractivity contribution in [1.29, 1.82) is 0 Å². The second kappa shape index (κ2) is 8.68. The smallest absolute Gasteiger partial charge is 0.410 e. The average Bonchev–Trinajstić information content (AvgIpc) is 3.04. The van der Waals surface area contributed by atoms with E-state index in [1.807, 2.05) is 25.7 Å². The summed E-state index contributed by atoms with van der Waals surface area (Å²) >= 11 is 2.21. The molecule has 1 aliphatic heterocycles. The molecule has 1 amide bonds. The Balaban J connectivity index is 1.36. The van der Waals surface area contributed by atoms with Crippen molar-refractivity contribution in [2.75, 3.05) is 25.4 Å². The molecule has 9 nitrogen and oxygen atoms in total. The molecule has 1 saturated carbocycles. The van der Waals surface area contributed by atoms with Gasteiger partial charge in [0.25, 0.3) is 0 Å². The van der Waals surface area contributed by atoms with E-state index in [-0.39, 0.29) is 12.1 Å². The van der Waals surface area contributed by atoms with Gasteiger partial charge in [-0.3, -0.25) is 4.90 Å². The number of ether oxygens (including phenoxy) is 1. The molecule has 1 saturated heterocycles. The zero-order valence-corrected chi connectivity index (χ0v) is 20.9. The third-order valence-corrected chi connectivity index (χ3v) is 7.05. The van der Waals surface area contributed by atoms with Crippen LogP contribution >= 0.6 is 22.6 Å². The van der Waals surface area contributed by atoms with Gasteiger partial charge in [0.1, 0.15) is 21.4 Å². The highest BCUT2D eigenvalue weighted by Crippen LogP contribution is 2.35. The summed E-state index contributed by atoms with van der Waals surface area (Å²) in [6.07, 6.45) is 5.66. The van der Waals surface area contributed by atoms with Crippen LogP contribution in [0.15, 0.2) is 6.33 Å². The summed E-state index contributed by atoms with van der Waals surface area (Å²) in [5.74, 6) is 0.492. The van der Waals surface area contributed by atoms with Crippen LogP contribution in [-0.4, -0.2) is 73.0 Å². The van der Waals surface area contributed by atoms with Crippen LogP contribution in [0.2, 0.25) is 0 Å². The first-order chi connectivity index (χ1) is 14.6. The number of hydrogen-bond acceptors (Lipinski definition) is 7. The first-order valence-corrected chi connectivity index (χ1v) is 12.1. The fraction of sp³-hybridized carbons (Fsp3) is 0.714. The summed E-state index contributed by atoms with van der Waals surface area (Å²) < 4.78 is 8.49. The van der Waals surface area contributed by atoms with Crippen LogP contribution in [0.25, 0.3) is 11.0 Å². The van der Waals surface area contributed by atoms with E-state index in [1.54, 1.807) is 0 Å². The molecule has 2 fully saturated rings. The number of nitrogens with two attached hydrogens (primary N) is 1. The first kappa shape index (κ1) is 22.5. The van der Waals surface area contributed by atoms with Gasteiger partial charge in [-0.2, -0.15) is 5.10 Å². The maximum atomic E-state index is 12.5. The lowest BCUT2D eigenvalue weighted by Crippen LogP contribution is -2.57. The Bertz CT molecular complexity index is 949. The SMILES string of the molecule is C[C@H]1CN([C@H]2CC[C@@H](n3nc(I)c4c(N)ncnc43)CC2)CCN1C(=O)OC(C)(C)C.